The van der Waals surface area contributed by atoms with E-state index in [1.807, 2.05) is 20.8 Å². The third-order valence-corrected chi connectivity index (χ3v) is 2.79. The molecule has 2 aromatic heterocycles. The highest BCUT2D eigenvalue weighted by atomic mass is 16.3. The summed E-state index contributed by atoms with van der Waals surface area (Å²) in [6.45, 7) is 5.54. The first-order chi connectivity index (χ1) is 8.50. The standard InChI is InChI=1S/C13H15N3O2/c1-7(2)10-12(17)15-11(16-13(10)18)9-4-5-14-6-8(9)3/h4-7H,1-3H3,(H2,15,16,17,18). The van der Waals surface area contributed by atoms with Gasteiger partial charge in [-0.15, -0.1) is 0 Å². The lowest BCUT2D eigenvalue weighted by molar-refractivity contribution is 0.440. The first-order valence-electron chi connectivity index (χ1n) is 5.75. The maximum absolute atomic E-state index is 11.9. The summed E-state index contributed by atoms with van der Waals surface area (Å²) in [5, 5.41) is 9.85. The van der Waals surface area contributed by atoms with Crippen LogP contribution in [0.4, 0.5) is 0 Å². The molecule has 0 bridgehead atoms. The van der Waals surface area contributed by atoms with Gasteiger partial charge in [0, 0.05) is 18.0 Å². The van der Waals surface area contributed by atoms with E-state index in [-0.39, 0.29) is 17.4 Å². The minimum Gasteiger partial charge on any atom is -0.493 e. The summed E-state index contributed by atoms with van der Waals surface area (Å²) in [5.41, 5.74) is 1.65. The quantitative estimate of drug-likeness (QED) is 0.847. The van der Waals surface area contributed by atoms with Crippen molar-refractivity contribution >= 4 is 0 Å². The van der Waals surface area contributed by atoms with Crippen molar-refractivity contribution < 1.29 is 5.11 Å². The van der Waals surface area contributed by atoms with Crippen molar-refractivity contribution in [1.82, 2.24) is 15.0 Å². The molecule has 2 rings (SSSR count). The Morgan fingerprint density at radius 3 is 2.67 bits per heavy atom. The molecule has 2 heterocycles. The lowest BCUT2D eigenvalue weighted by Gasteiger charge is -2.09. The van der Waals surface area contributed by atoms with Crippen molar-refractivity contribution in [2.75, 3.05) is 0 Å². The molecule has 0 aliphatic heterocycles. The molecule has 2 aromatic rings. The Kier molecular flexibility index (Phi) is 3.14. The van der Waals surface area contributed by atoms with E-state index in [0.29, 0.717) is 11.4 Å². The van der Waals surface area contributed by atoms with Crippen molar-refractivity contribution in [3.63, 3.8) is 0 Å². The van der Waals surface area contributed by atoms with Crippen molar-refractivity contribution in [2.24, 2.45) is 0 Å². The van der Waals surface area contributed by atoms with Crippen LogP contribution in [-0.2, 0) is 0 Å². The van der Waals surface area contributed by atoms with Crippen LogP contribution in [0, 0.1) is 6.92 Å². The summed E-state index contributed by atoms with van der Waals surface area (Å²) in [6, 6.07) is 1.75. The van der Waals surface area contributed by atoms with Crippen LogP contribution < -0.4 is 5.56 Å². The number of hydrogen-bond donors (Lipinski definition) is 2. The lowest BCUT2D eigenvalue weighted by atomic mass is 10.1. The molecular weight excluding hydrogens is 230 g/mol. The van der Waals surface area contributed by atoms with Gasteiger partial charge in [-0.25, -0.2) is 0 Å². The average Bonchev–Trinajstić information content (AvgIpc) is 2.27. The van der Waals surface area contributed by atoms with E-state index >= 15 is 0 Å². The molecule has 5 nitrogen and oxygen atoms in total. The Hall–Kier alpha value is -2.17. The fraction of sp³-hybridized carbons (Fsp3) is 0.308. The molecule has 0 aromatic carbocycles. The van der Waals surface area contributed by atoms with Crippen molar-refractivity contribution in [3.8, 4) is 17.3 Å². The number of H-pyrrole nitrogens is 1. The smallest absolute Gasteiger partial charge is 0.258 e. The van der Waals surface area contributed by atoms with Gasteiger partial charge in [0.05, 0.1) is 5.56 Å². The minimum absolute atomic E-state index is 0.0752. The number of aromatic hydroxyl groups is 1. The molecule has 0 unspecified atom stereocenters. The summed E-state index contributed by atoms with van der Waals surface area (Å²) < 4.78 is 0. The van der Waals surface area contributed by atoms with Crippen LogP contribution in [0.2, 0.25) is 0 Å². The number of pyridine rings is 1. The van der Waals surface area contributed by atoms with Crippen LogP contribution >= 0.6 is 0 Å². The van der Waals surface area contributed by atoms with Crippen LogP contribution in [0.5, 0.6) is 5.88 Å². The van der Waals surface area contributed by atoms with Gasteiger partial charge in [0.25, 0.3) is 5.56 Å². The number of nitrogens with one attached hydrogen (secondary N) is 1. The Balaban J connectivity index is 2.63. The highest BCUT2D eigenvalue weighted by Gasteiger charge is 2.15. The SMILES string of the molecule is Cc1cnccc1-c1nc(O)c(C(C)C)c(=O)[nH]1. The van der Waals surface area contributed by atoms with Crippen LogP contribution in [-0.4, -0.2) is 20.1 Å². The fourth-order valence-electron chi connectivity index (χ4n) is 1.86. The van der Waals surface area contributed by atoms with Crippen LogP contribution in [0.1, 0.15) is 30.9 Å². The maximum atomic E-state index is 11.9. The van der Waals surface area contributed by atoms with Gasteiger partial charge < -0.3 is 10.1 Å². The van der Waals surface area contributed by atoms with Gasteiger partial charge in [-0.3, -0.25) is 9.78 Å². The van der Waals surface area contributed by atoms with E-state index < -0.39 is 0 Å². The van der Waals surface area contributed by atoms with E-state index in [9.17, 15) is 9.90 Å². The number of rotatable bonds is 2. The Bertz CT molecular complexity index is 632. The summed E-state index contributed by atoms with van der Waals surface area (Å²) >= 11 is 0. The molecule has 0 amide bonds. The zero-order chi connectivity index (χ0) is 13.3. The Labute approximate surface area is 105 Å². The van der Waals surface area contributed by atoms with Crippen molar-refractivity contribution in [3.05, 3.63) is 39.9 Å². The molecule has 0 saturated carbocycles. The van der Waals surface area contributed by atoms with Crippen LogP contribution in [0.15, 0.2) is 23.3 Å². The first kappa shape index (κ1) is 12.3. The monoisotopic (exact) mass is 245 g/mol. The van der Waals surface area contributed by atoms with Gasteiger partial charge in [0.1, 0.15) is 5.82 Å². The molecule has 0 radical (unpaired) electrons. The summed E-state index contributed by atoms with van der Waals surface area (Å²) in [5.74, 6) is 0.0793. The van der Waals surface area contributed by atoms with E-state index in [4.69, 9.17) is 0 Å². The largest absolute Gasteiger partial charge is 0.493 e. The number of hydrogen-bond acceptors (Lipinski definition) is 4. The first-order valence-corrected chi connectivity index (χ1v) is 5.75. The molecular formula is C13H15N3O2. The van der Waals surface area contributed by atoms with Gasteiger partial charge in [-0.2, -0.15) is 4.98 Å². The molecule has 0 aliphatic carbocycles. The van der Waals surface area contributed by atoms with Crippen LogP contribution in [0.3, 0.4) is 0 Å². The molecule has 2 N–H and O–H groups in total. The predicted octanol–water partition coefficient (Wildman–Crippen LogP) is 1.97. The lowest BCUT2D eigenvalue weighted by Crippen LogP contribution is -2.16. The van der Waals surface area contributed by atoms with E-state index in [1.165, 1.54) is 0 Å². The zero-order valence-electron chi connectivity index (χ0n) is 10.6. The van der Waals surface area contributed by atoms with E-state index in [0.717, 1.165) is 11.1 Å². The minimum atomic E-state index is -0.302. The third-order valence-electron chi connectivity index (χ3n) is 2.79. The highest BCUT2D eigenvalue weighted by Crippen LogP contribution is 2.23. The van der Waals surface area contributed by atoms with E-state index in [1.54, 1.807) is 18.5 Å². The number of aromatic amines is 1. The highest BCUT2D eigenvalue weighted by molar-refractivity contribution is 5.59. The number of aryl methyl sites for hydroxylation is 1. The number of nitrogens with zero attached hydrogens (tertiary/aromatic N) is 2. The molecule has 0 spiro atoms. The molecule has 94 valence electrons. The van der Waals surface area contributed by atoms with Gasteiger partial charge in [0.15, 0.2) is 0 Å². The van der Waals surface area contributed by atoms with E-state index in [2.05, 4.69) is 15.0 Å². The van der Waals surface area contributed by atoms with Gasteiger partial charge in [0.2, 0.25) is 5.88 Å². The van der Waals surface area contributed by atoms with Crippen LogP contribution in [0.25, 0.3) is 11.4 Å². The summed E-state index contributed by atoms with van der Waals surface area (Å²) in [6.07, 6.45) is 3.30. The predicted molar refractivity (Wildman–Crippen MR) is 68.6 cm³/mol. The Morgan fingerprint density at radius 1 is 1.39 bits per heavy atom. The molecule has 5 heteroatoms. The third kappa shape index (κ3) is 2.11. The average molecular weight is 245 g/mol. The topological polar surface area (TPSA) is 78.9 Å². The maximum Gasteiger partial charge on any atom is 0.258 e. The van der Waals surface area contributed by atoms with Gasteiger partial charge in [-0.05, 0) is 24.5 Å². The second-order valence-corrected chi connectivity index (χ2v) is 4.50. The van der Waals surface area contributed by atoms with Gasteiger partial charge in [-0.1, -0.05) is 13.8 Å². The van der Waals surface area contributed by atoms with Crippen molar-refractivity contribution in [1.29, 1.82) is 0 Å². The second-order valence-electron chi connectivity index (χ2n) is 4.50. The fourth-order valence-corrected chi connectivity index (χ4v) is 1.86. The summed E-state index contributed by atoms with van der Waals surface area (Å²) in [7, 11) is 0. The molecule has 0 atom stereocenters. The molecule has 0 aliphatic rings. The molecule has 18 heavy (non-hydrogen) atoms. The normalized spacial score (nSPS) is 10.9. The Morgan fingerprint density at radius 2 is 2.11 bits per heavy atom. The zero-order valence-corrected chi connectivity index (χ0v) is 10.6. The van der Waals surface area contributed by atoms with Gasteiger partial charge >= 0.3 is 0 Å². The second kappa shape index (κ2) is 4.60. The molecule has 0 fully saturated rings. The molecule has 0 saturated heterocycles. The summed E-state index contributed by atoms with van der Waals surface area (Å²) in [4.78, 5) is 22.7. The van der Waals surface area contributed by atoms with Crippen molar-refractivity contribution in [2.45, 2.75) is 26.7 Å². The number of aromatic nitrogens is 3.